The number of benzene rings is 9. The van der Waals surface area contributed by atoms with E-state index in [1.807, 2.05) is 11.3 Å². The maximum Gasteiger partial charge on any atom is 0.0726 e. The van der Waals surface area contributed by atoms with E-state index in [0.717, 1.165) is 17.1 Å². The first-order valence-corrected chi connectivity index (χ1v) is 19.8. The van der Waals surface area contributed by atoms with Crippen LogP contribution in [0.15, 0.2) is 200 Å². The molecule has 0 radical (unpaired) electrons. The molecule has 0 bridgehead atoms. The molecule has 2 aliphatic carbocycles. The number of anilines is 3. The third-order valence-electron chi connectivity index (χ3n) is 12.0. The minimum Gasteiger partial charge on any atom is -0.310 e. The second-order valence-corrected chi connectivity index (χ2v) is 15.9. The Morgan fingerprint density at radius 3 is 1.65 bits per heavy atom. The summed E-state index contributed by atoms with van der Waals surface area (Å²) in [6, 6.07) is 74.6. The van der Waals surface area contributed by atoms with Gasteiger partial charge < -0.3 is 4.90 Å². The van der Waals surface area contributed by atoms with Crippen molar-refractivity contribution in [3.8, 4) is 33.4 Å². The molecule has 55 heavy (non-hydrogen) atoms. The van der Waals surface area contributed by atoms with Crippen molar-refractivity contribution in [2.75, 3.05) is 4.90 Å². The van der Waals surface area contributed by atoms with Crippen LogP contribution < -0.4 is 4.90 Å². The topological polar surface area (TPSA) is 3.24 Å². The zero-order valence-corrected chi connectivity index (χ0v) is 30.7. The van der Waals surface area contributed by atoms with E-state index < -0.39 is 5.41 Å². The first-order chi connectivity index (χ1) is 27.3. The Balaban J connectivity index is 1.13. The van der Waals surface area contributed by atoms with Crippen molar-refractivity contribution in [2.24, 2.45) is 0 Å². The Hall–Kier alpha value is -6.74. The van der Waals surface area contributed by atoms with Crippen LogP contribution in [0.4, 0.5) is 17.1 Å². The minimum atomic E-state index is -0.450. The Morgan fingerprint density at radius 2 is 0.873 bits per heavy atom. The molecule has 0 N–H and O–H groups in total. The maximum atomic E-state index is 2.50. The number of hydrogen-bond donors (Lipinski definition) is 0. The zero-order valence-electron chi connectivity index (χ0n) is 29.9. The van der Waals surface area contributed by atoms with Gasteiger partial charge in [-0.3, -0.25) is 0 Å². The minimum absolute atomic E-state index is 0.450. The van der Waals surface area contributed by atoms with Gasteiger partial charge in [0, 0.05) is 37.2 Å². The Bertz CT molecular complexity index is 3110. The highest BCUT2D eigenvalue weighted by Crippen LogP contribution is 2.64. The summed E-state index contributed by atoms with van der Waals surface area (Å²) in [5, 5.41) is 5.13. The lowest BCUT2D eigenvalue weighted by atomic mass is 9.70. The summed E-state index contributed by atoms with van der Waals surface area (Å²) in [4.78, 5) is 2.46. The summed E-state index contributed by atoms with van der Waals surface area (Å²) in [5.74, 6) is 0. The maximum absolute atomic E-state index is 2.50. The first kappa shape index (κ1) is 30.7. The third kappa shape index (κ3) is 4.35. The van der Waals surface area contributed by atoms with Crippen LogP contribution in [0, 0.1) is 0 Å². The standard InChI is InChI=1S/C53H33NS/c1-2-12-34(13-3-1)35-22-24-38(25-23-35)54(39-27-29-52-46(32-39)44-18-8-11-21-51(44)55-52)40-26-28-43-45-30-36-14-4-5-15-37(36)31-49(45)53(50(43)33-40)47-19-9-6-16-41(47)42-17-7-10-20-48(42)53/h1-33H. The molecule has 1 nitrogen and oxygen atoms in total. The van der Waals surface area contributed by atoms with Crippen molar-refractivity contribution in [3.05, 3.63) is 222 Å². The van der Waals surface area contributed by atoms with Gasteiger partial charge in [-0.1, -0.05) is 140 Å². The largest absolute Gasteiger partial charge is 0.310 e. The molecule has 0 aliphatic heterocycles. The van der Waals surface area contributed by atoms with Crippen LogP contribution in [0.25, 0.3) is 64.3 Å². The van der Waals surface area contributed by atoms with Crippen molar-refractivity contribution in [1.29, 1.82) is 0 Å². The van der Waals surface area contributed by atoms with Crippen molar-refractivity contribution in [2.45, 2.75) is 5.41 Å². The molecule has 1 aromatic heterocycles. The van der Waals surface area contributed by atoms with Crippen LogP contribution in [-0.2, 0) is 5.41 Å². The molecule has 0 fully saturated rings. The number of rotatable bonds is 4. The Labute approximate surface area is 324 Å². The molecule has 0 saturated carbocycles. The van der Waals surface area contributed by atoms with Crippen LogP contribution >= 0.6 is 11.3 Å². The fourth-order valence-electron chi connectivity index (χ4n) is 9.68. The van der Waals surface area contributed by atoms with E-state index in [1.54, 1.807) is 0 Å². The molecule has 1 heterocycles. The summed E-state index contributed by atoms with van der Waals surface area (Å²) < 4.78 is 2.62. The highest BCUT2D eigenvalue weighted by atomic mass is 32.1. The first-order valence-electron chi connectivity index (χ1n) is 19.0. The lowest BCUT2D eigenvalue weighted by Crippen LogP contribution is -2.26. The second-order valence-electron chi connectivity index (χ2n) is 14.8. The summed E-state index contributed by atoms with van der Waals surface area (Å²) in [6.45, 7) is 0. The smallest absolute Gasteiger partial charge is 0.0726 e. The fourth-order valence-corrected chi connectivity index (χ4v) is 10.8. The van der Waals surface area contributed by atoms with Gasteiger partial charge in [0.1, 0.15) is 0 Å². The molecule has 0 unspecified atom stereocenters. The van der Waals surface area contributed by atoms with Gasteiger partial charge in [0.15, 0.2) is 0 Å². The van der Waals surface area contributed by atoms with Crippen molar-refractivity contribution in [1.82, 2.24) is 0 Å². The molecule has 256 valence electrons. The number of nitrogens with zero attached hydrogens (tertiary/aromatic N) is 1. The number of fused-ring (bicyclic) bond motifs is 14. The van der Waals surface area contributed by atoms with Gasteiger partial charge >= 0.3 is 0 Å². The predicted octanol–water partition coefficient (Wildman–Crippen LogP) is 14.7. The summed E-state index contributed by atoms with van der Waals surface area (Å²) in [7, 11) is 0. The zero-order chi connectivity index (χ0) is 36.1. The molecular weight excluding hydrogens is 683 g/mol. The molecule has 0 atom stereocenters. The molecule has 9 aromatic carbocycles. The van der Waals surface area contributed by atoms with Crippen LogP contribution in [-0.4, -0.2) is 0 Å². The number of thiophene rings is 1. The van der Waals surface area contributed by atoms with Crippen LogP contribution in [0.5, 0.6) is 0 Å². The van der Waals surface area contributed by atoms with Gasteiger partial charge in [0.2, 0.25) is 0 Å². The van der Waals surface area contributed by atoms with Crippen molar-refractivity contribution in [3.63, 3.8) is 0 Å². The monoisotopic (exact) mass is 715 g/mol. The van der Waals surface area contributed by atoms with Gasteiger partial charge in [-0.15, -0.1) is 11.3 Å². The van der Waals surface area contributed by atoms with Gasteiger partial charge in [0.05, 0.1) is 5.41 Å². The second kappa shape index (κ2) is 11.6. The van der Waals surface area contributed by atoms with E-state index in [9.17, 15) is 0 Å². The van der Waals surface area contributed by atoms with Gasteiger partial charge in [-0.25, -0.2) is 0 Å². The quantitative estimate of drug-likeness (QED) is 0.175. The molecule has 2 heteroatoms. The summed E-state index contributed by atoms with van der Waals surface area (Å²) in [5.41, 5.74) is 16.0. The van der Waals surface area contributed by atoms with Gasteiger partial charge in [0.25, 0.3) is 0 Å². The molecule has 0 amide bonds. The third-order valence-corrected chi connectivity index (χ3v) is 13.2. The Kier molecular flexibility index (Phi) is 6.49. The summed E-state index contributed by atoms with van der Waals surface area (Å²) in [6.07, 6.45) is 0. The van der Waals surface area contributed by atoms with Gasteiger partial charge in [-0.05, 0) is 127 Å². The normalized spacial score (nSPS) is 13.2. The molecule has 2 aliphatic rings. The average Bonchev–Trinajstić information content (AvgIpc) is 3.87. The highest BCUT2D eigenvalue weighted by Gasteiger charge is 2.52. The van der Waals surface area contributed by atoms with E-state index in [0.29, 0.717) is 0 Å². The van der Waals surface area contributed by atoms with E-state index in [4.69, 9.17) is 0 Å². The average molecular weight is 716 g/mol. The Morgan fingerprint density at radius 1 is 0.327 bits per heavy atom. The predicted molar refractivity (Wildman–Crippen MR) is 233 cm³/mol. The fraction of sp³-hybridized carbons (Fsp3) is 0.0189. The van der Waals surface area contributed by atoms with E-state index in [-0.39, 0.29) is 0 Å². The molecule has 0 saturated heterocycles. The molecule has 10 aromatic rings. The SMILES string of the molecule is c1ccc(-c2ccc(N(c3ccc4c(c3)C3(c5ccccc5-c5ccccc53)c3cc5ccccc5cc3-4)c3ccc4sc5ccccc5c4c3)cc2)cc1. The highest BCUT2D eigenvalue weighted by molar-refractivity contribution is 7.25. The lowest BCUT2D eigenvalue weighted by molar-refractivity contribution is 0.795. The van der Waals surface area contributed by atoms with E-state index in [1.165, 1.54) is 86.6 Å². The molecular formula is C53H33NS. The number of hydrogen-bond acceptors (Lipinski definition) is 2. The molecule has 12 rings (SSSR count). The van der Waals surface area contributed by atoms with Crippen LogP contribution in [0.2, 0.25) is 0 Å². The van der Waals surface area contributed by atoms with Crippen molar-refractivity contribution < 1.29 is 0 Å². The van der Waals surface area contributed by atoms with E-state index >= 15 is 0 Å². The van der Waals surface area contributed by atoms with Crippen LogP contribution in [0.3, 0.4) is 0 Å². The van der Waals surface area contributed by atoms with Crippen LogP contribution in [0.1, 0.15) is 22.3 Å². The lowest BCUT2D eigenvalue weighted by Gasteiger charge is -2.32. The van der Waals surface area contributed by atoms with E-state index in [2.05, 4.69) is 205 Å². The van der Waals surface area contributed by atoms with Gasteiger partial charge in [-0.2, -0.15) is 0 Å². The molecule has 1 spiro atoms. The van der Waals surface area contributed by atoms with Crippen molar-refractivity contribution >= 4 is 59.3 Å². The summed E-state index contributed by atoms with van der Waals surface area (Å²) >= 11 is 1.86.